The quantitative estimate of drug-likeness (QED) is 0.571. The van der Waals surface area contributed by atoms with Gasteiger partial charge in [-0.1, -0.05) is 0 Å². The summed E-state index contributed by atoms with van der Waals surface area (Å²) < 4.78 is 49.6. The Balaban J connectivity index is 2.50. The van der Waals surface area contributed by atoms with E-state index in [2.05, 4.69) is 14.7 Å². The number of amides is 1. The number of ether oxygens (including phenoxy) is 2. The number of carbonyl (C=O) groups is 1. The maximum Gasteiger partial charge on any atom is 0.274 e. The number of aromatic nitrogens is 2. The van der Waals surface area contributed by atoms with E-state index in [-0.39, 0.29) is 23.3 Å². The van der Waals surface area contributed by atoms with E-state index in [1.807, 2.05) is 0 Å². The predicted molar refractivity (Wildman–Crippen MR) is 89.7 cm³/mol. The molecule has 2 aromatic rings. The summed E-state index contributed by atoms with van der Waals surface area (Å²) in [5.74, 6) is -1.31. The lowest BCUT2D eigenvalue weighted by atomic mass is 10.1. The van der Waals surface area contributed by atoms with Gasteiger partial charge in [-0.3, -0.25) is 4.79 Å². The first-order valence-corrected chi connectivity index (χ1v) is 9.24. The Bertz CT molecular complexity index is 895. The van der Waals surface area contributed by atoms with Crippen molar-refractivity contribution in [3.63, 3.8) is 0 Å². The molecule has 1 amide bonds. The lowest BCUT2D eigenvalue weighted by Crippen LogP contribution is -2.20. The minimum Gasteiger partial charge on any atom is -0.481 e. The van der Waals surface area contributed by atoms with Crippen LogP contribution in [0.3, 0.4) is 0 Å². The van der Waals surface area contributed by atoms with Gasteiger partial charge in [0.1, 0.15) is 17.0 Å². The topological polar surface area (TPSA) is 154 Å². The highest BCUT2D eigenvalue weighted by Gasteiger charge is 2.30. The number of nitrogens with zero attached hydrogens (tertiary/aromatic N) is 2. The number of carbonyl (C=O) groups excluding carboxylic acids is 1. The molecular weight excluding hydrogens is 391 g/mol. The lowest BCUT2D eigenvalue weighted by molar-refractivity contribution is 0.0987. The molecular formula is C13H15FN4O6S2. The third-order valence-electron chi connectivity index (χ3n) is 3.11. The van der Waals surface area contributed by atoms with E-state index >= 15 is 0 Å². The predicted octanol–water partition coefficient (Wildman–Crippen LogP) is 0.458. The zero-order valence-electron chi connectivity index (χ0n) is 13.6. The summed E-state index contributed by atoms with van der Waals surface area (Å²) in [6, 6.07) is 1.33. The first-order valence-electron chi connectivity index (χ1n) is 6.88. The van der Waals surface area contributed by atoms with Crippen molar-refractivity contribution in [2.45, 2.75) is 10.3 Å². The lowest BCUT2D eigenvalue weighted by Gasteiger charge is -2.12. The van der Waals surface area contributed by atoms with Gasteiger partial charge >= 0.3 is 0 Å². The van der Waals surface area contributed by atoms with Crippen molar-refractivity contribution in [2.75, 3.05) is 25.6 Å². The molecule has 2 aromatic heterocycles. The second kappa shape index (κ2) is 7.80. The first kappa shape index (κ1) is 19.8. The molecule has 0 aliphatic carbocycles. The number of alkyl halides is 1. The fraction of sp³-hybridized carbons (Fsp3) is 0.308. The molecule has 0 saturated heterocycles. The number of primary amides is 1. The van der Waals surface area contributed by atoms with Crippen molar-refractivity contribution in [2.24, 2.45) is 5.73 Å². The van der Waals surface area contributed by atoms with Crippen molar-refractivity contribution in [3.05, 3.63) is 22.6 Å². The number of aliphatic hydroxyl groups excluding tert-OH is 1. The molecule has 26 heavy (non-hydrogen) atoms. The summed E-state index contributed by atoms with van der Waals surface area (Å²) in [6.45, 7) is -1.30. The zero-order chi connectivity index (χ0) is 19.5. The first-order chi connectivity index (χ1) is 12.2. The summed E-state index contributed by atoms with van der Waals surface area (Å²) in [7, 11) is -1.74. The second-order valence-electron chi connectivity index (χ2n) is 4.77. The Hall–Kier alpha value is -2.51. The van der Waals surface area contributed by atoms with Gasteiger partial charge in [0.15, 0.2) is 0 Å². The van der Waals surface area contributed by atoms with Crippen molar-refractivity contribution in [1.82, 2.24) is 9.97 Å². The fourth-order valence-electron chi connectivity index (χ4n) is 1.97. The van der Waals surface area contributed by atoms with E-state index in [0.29, 0.717) is 11.3 Å². The van der Waals surface area contributed by atoms with Crippen LogP contribution in [0.2, 0.25) is 0 Å². The monoisotopic (exact) mass is 406 g/mol. The molecule has 13 heteroatoms. The fourth-order valence-corrected chi connectivity index (χ4v) is 4.54. The van der Waals surface area contributed by atoms with E-state index in [1.54, 1.807) is 0 Å². The van der Waals surface area contributed by atoms with Gasteiger partial charge < -0.3 is 20.3 Å². The highest BCUT2D eigenvalue weighted by atomic mass is 32.2. The molecule has 2 rings (SSSR count). The highest BCUT2D eigenvalue weighted by molar-refractivity contribution is 7.94. The van der Waals surface area contributed by atoms with Crippen LogP contribution in [-0.4, -0.2) is 50.3 Å². The number of halogens is 1. The summed E-state index contributed by atoms with van der Waals surface area (Å²) >= 11 is 0.598. The van der Waals surface area contributed by atoms with E-state index < -0.39 is 38.5 Å². The Kier molecular flexibility index (Phi) is 5.94. The number of methoxy groups -OCH3 is 2. The molecule has 2 heterocycles. The van der Waals surface area contributed by atoms with Gasteiger partial charge in [0, 0.05) is 10.9 Å². The van der Waals surface area contributed by atoms with Crippen molar-refractivity contribution in [1.29, 1.82) is 0 Å². The Labute approximate surface area is 151 Å². The number of aliphatic hydroxyl groups is 1. The molecule has 0 radical (unpaired) electrons. The van der Waals surface area contributed by atoms with E-state index in [1.165, 1.54) is 20.3 Å². The van der Waals surface area contributed by atoms with Crippen molar-refractivity contribution < 1.29 is 32.2 Å². The summed E-state index contributed by atoms with van der Waals surface area (Å²) in [5.41, 5.74) is 4.44. The zero-order valence-corrected chi connectivity index (χ0v) is 15.2. The molecule has 1 atom stereocenters. The third kappa shape index (κ3) is 4.00. The average Bonchev–Trinajstić information content (AvgIpc) is 3.06. The van der Waals surface area contributed by atoms with Gasteiger partial charge in [0.2, 0.25) is 23.6 Å². The number of nitrogens with two attached hydrogens (primary N) is 1. The van der Waals surface area contributed by atoms with Crippen molar-refractivity contribution >= 4 is 33.2 Å². The van der Waals surface area contributed by atoms with E-state index in [0.717, 1.165) is 5.38 Å². The molecule has 4 N–H and O–H groups in total. The molecule has 1 unspecified atom stereocenters. The van der Waals surface area contributed by atoms with Crippen LogP contribution >= 0.6 is 11.3 Å². The molecule has 0 spiro atoms. The molecule has 0 bridgehead atoms. The van der Waals surface area contributed by atoms with E-state index in [4.69, 9.17) is 15.2 Å². The van der Waals surface area contributed by atoms with Crippen molar-refractivity contribution in [3.8, 4) is 11.8 Å². The Morgan fingerprint density at radius 2 is 1.96 bits per heavy atom. The Morgan fingerprint density at radius 1 is 1.38 bits per heavy atom. The molecule has 0 fully saturated rings. The molecule has 0 saturated carbocycles. The van der Waals surface area contributed by atoms with Gasteiger partial charge in [-0.2, -0.15) is 9.97 Å². The third-order valence-corrected chi connectivity index (χ3v) is 6.00. The molecule has 142 valence electrons. The van der Waals surface area contributed by atoms with Gasteiger partial charge in [-0.25, -0.2) is 17.5 Å². The summed E-state index contributed by atoms with van der Waals surface area (Å²) in [4.78, 5) is 19.1. The minimum atomic E-state index is -4.36. The van der Waals surface area contributed by atoms with Crippen LogP contribution < -0.4 is 19.9 Å². The molecule has 10 nitrogen and oxygen atoms in total. The average molecular weight is 406 g/mol. The number of anilines is 1. The van der Waals surface area contributed by atoms with Gasteiger partial charge in [-0.05, 0) is 0 Å². The maximum absolute atomic E-state index is 12.9. The SMILES string of the molecule is COc1cc(OC)nc(NS(=O)(=O)c2scc(C(N)=O)c2C(O)CF)n1. The number of nitrogens with one attached hydrogen (secondary N) is 1. The Morgan fingerprint density at radius 3 is 2.42 bits per heavy atom. The molecule has 0 aromatic carbocycles. The van der Waals surface area contributed by atoms with Crippen LogP contribution in [0, 0.1) is 0 Å². The van der Waals surface area contributed by atoms with Crippen LogP contribution in [-0.2, 0) is 10.0 Å². The molecule has 0 aliphatic rings. The van der Waals surface area contributed by atoms with Gasteiger partial charge in [0.05, 0.1) is 25.8 Å². The number of hydrogen-bond donors (Lipinski definition) is 3. The largest absolute Gasteiger partial charge is 0.481 e. The maximum atomic E-state index is 12.9. The molecule has 0 aliphatic heterocycles. The highest BCUT2D eigenvalue weighted by Crippen LogP contribution is 2.33. The summed E-state index contributed by atoms with van der Waals surface area (Å²) in [6.07, 6.45) is -1.84. The van der Waals surface area contributed by atoms with Crippen LogP contribution in [0.4, 0.5) is 10.3 Å². The number of rotatable bonds is 8. The number of hydrogen-bond acceptors (Lipinski definition) is 9. The van der Waals surface area contributed by atoms with Gasteiger partial charge in [0.25, 0.3) is 10.0 Å². The van der Waals surface area contributed by atoms with Gasteiger partial charge in [-0.15, -0.1) is 11.3 Å². The van der Waals surface area contributed by atoms with Crippen LogP contribution in [0.5, 0.6) is 11.8 Å². The van der Waals surface area contributed by atoms with Crippen LogP contribution in [0.15, 0.2) is 15.7 Å². The second-order valence-corrected chi connectivity index (χ2v) is 7.52. The number of thiophene rings is 1. The standard InChI is InChI=1S/C13H15FN4O6S2/c1-23-8-3-9(24-2)17-13(16-8)18-26(21,22)12-10(7(19)4-14)6(5-25-12)11(15)20/h3,5,7,19H,4H2,1-2H3,(H2,15,20)(H,16,17,18). The van der Waals surface area contributed by atoms with E-state index in [9.17, 15) is 22.7 Å². The van der Waals surface area contributed by atoms with Crippen LogP contribution in [0.1, 0.15) is 22.0 Å². The summed E-state index contributed by atoms with van der Waals surface area (Å²) in [5, 5.41) is 10.9. The van der Waals surface area contributed by atoms with Crippen LogP contribution in [0.25, 0.3) is 0 Å². The minimum absolute atomic E-state index is 0.0302. The smallest absolute Gasteiger partial charge is 0.274 e. The number of sulfonamides is 1. The normalized spacial score (nSPS) is 12.5.